The number of nitrogens with one attached hydrogen (secondary N) is 1. The summed E-state index contributed by atoms with van der Waals surface area (Å²) < 4.78 is 16.1. The molecule has 1 aliphatic rings. The highest BCUT2D eigenvalue weighted by molar-refractivity contribution is 7.95. The van der Waals surface area contributed by atoms with Gasteiger partial charge in [0.05, 0.1) is 24.0 Å². The van der Waals surface area contributed by atoms with Crippen LogP contribution in [0.3, 0.4) is 0 Å². The number of nitrogens with zero attached hydrogens (tertiary/aromatic N) is 2. The number of carbonyl (C=O) groups is 2. The Morgan fingerprint density at radius 1 is 1.14 bits per heavy atom. The third-order valence-electron chi connectivity index (χ3n) is 4.84. The molecule has 1 fully saturated rings. The Bertz CT molecular complexity index is 701. The molecule has 0 radical (unpaired) electrons. The summed E-state index contributed by atoms with van der Waals surface area (Å²) in [4.78, 5) is 27.7. The van der Waals surface area contributed by atoms with E-state index in [9.17, 15) is 9.59 Å². The molecule has 2 rings (SSSR count). The average Bonchev–Trinajstić information content (AvgIpc) is 3.20. The second-order valence-electron chi connectivity index (χ2n) is 7.12. The van der Waals surface area contributed by atoms with E-state index in [1.165, 1.54) is 12.1 Å². The summed E-state index contributed by atoms with van der Waals surface area (Å²) in [5.41, 5.74) is 1.55. The predicted molar refractivity (Wildman–Crippen MR) is 118 cm³/mol. The van der Waals surface area contributed by atoms with E-state index in [4.69, 9.17) is 9.47 Å². The summed E-state index contributed by atoms with van der Waals surface area (Å²) in [5.74, 6) is -0.206. The van der Waals surface area contributed by atoms with Gasteiger partial charge in [-0.25, -0.2) is 9.10 Å². The van der Waals surface area contributed by atoms with Crippen molar-refractivity contribution in [3.05, 3.63) is 23.3 Å². The van der Waals surface area contributed by atoms with Gasteiger partial charge in [-0.3, -0.25) is 9.52 Å². The smallest absolute Gasteiger partial charge is 0.338 e. The van der Waals surface area contributed by atoms with Crippen molar-refractivity contribution in [2.45, 2.75) is 52.6 Å². The molecule has 0 saturated heterocycles. The van der Waals surface area contributed by atoms with Crippen LogP contribution in [0.4, 0.5) is 5.69 Å². The summed E-state index contributed by atoms with van der Waals surface area (Å²) in [7, 11) is 3.71. The van der Waals surface area contributed by atoms with Crippen molar-refractivity contribution in [1.82, 2.24) is 9.03 Å². The summed E-state index contributed by atoms with van der Waals surface area (Å²) in [5, 5.41) is 0. The number of benzene rings is 1. The van der Waals surface area contributed by atoms with Gasteiger partial charge in [-0.05, 0) is 72.7 Å². The first-order chi connectivity index (χ1) is 13.9. The molecule has 8 heteroatoms. The molecular weight excluding hydrogens is 390 g/mol. The molecule has 29 heavy (non-hydrogen) atoms. The van der Waals surface area contributed by atoms with Crippen molar-refractivity contribution < 1.29 is 19.1 Å². The Labute approximate surface area is 178 Å². The van der Waals surface area contributed by atoms with Crippen molar-refractivity contribution >= 4 is 29.7 Å². The first-order valence-electron chi connectivity index (χ1n) is 10.3. The highest BCUT2D eigenvalue weighted by Crippen LogP contribution is 2.35. The third kappa shape index (κ3) is 6.27. The van der Waals surface area contributed by atoms with Crippen LogP contribution in [0.1, 0.15) is 67.2 Å². The van der Waals surface area contributed by atoms with Crippen LogP contribution in [-0.2, 0) is 4.74 Å². The molecule has 1 amide bonds. The van der Waals surface area contributed by atoms with Crippen LogP contribution in [0, 0.1) is 0 Å². The largest absolute Gasteiger partial charge is 0.489 e. The van der Waals surface area contributed by atoms with Crippen molar-refractivity contribution in [1.29, 1.82) is 0 Å². The fourth-order valence-corrected chi connectivity index (χ4v) is 3.80. The molecule has 0 bridgehead atoms. The SMILES string of the molecule is CCOC(=O)c1cc(OC2CCCC2)c(C(=O)NSN(C)C)c(N(CC)CC)c1. The van der Waals surface area contributed by atoms with E-state index in [1.807, 2.05) is 27.9 Å². The van der Waals surface area contributed by atoms with Gasteiger partial charge >= 0.3 is 5.97 Å². The molecule has 0 aromatic heterocycles. The summed E-state index contributed by atoms with van der Waals surface area (Å²) >= 11 is 1.21. The average molecular weight is 424 g/mol. The van der Waals surface area contributed by atoms with Gasteiger partial charge in [-0.15, -0.1) is 0 Å². The van der Waals surface area contributed by atoms with Gasteiger partial charge in [0.1, 0.15) is 11.3 Å². The zero-order valence-corrected chi connectivity index (χ0v) is 18.9. The molecule has 0 aliphatic heterocycles. The van der Waals surface area contributed by atoms with Crippen molar-refractivity contribution in [2.24, 2.45) is 0 Å². The minimum atomic E-state index is -0.410. The van der Waals surface area contributed by atoms with E-state index in [0.29, 0.717) is 42.3 Å². The van der Waals surface area contributed by atoms with Gasteiger partial charge in [-0.1, -0.05) is 0 Å². The van der Waals surface area contributed by atoms with Gasteiger partial charge in [0.25, 0.3) is 5.91 Å². The maximum absolute atomic E-state index is 13.1. The van der Waals surface area contributed by atoms with Crippen LogP contribution >= 0.6 is 12.1 Å². The molecule has 0 unspecified atom stereocenters. The quantitative estimate of drug-likeness (QED) is 0.452. The molecule has 0 heterocycles. The zero-order chi connectivity index (χ0) is 21.4. The van der Waals surface area contributed by atoms with Gasteiger partial charge in [0.2, 0.25) is 0 Å². The van der Waals surface area contributed by atoms with E-state index in [1.54, 1.807) is 23.4 Å². The van der Waals surface area contributed by atoms with Gasteiger partial charge < -0.3 is 14.4 Å². The molecule has 1 N–H and O–H groups in total. The van der Waals surface area contributed by atoms with Crippen molar-refractivity contribution in [3.8, 4) is 5.75 Å². The highest BCUT2D eigenvalue weighted by Gasteiger charge is 2.27. The fourth-order valence-electron chi connectivity index (χ4n) is 3.44. The first-order valence-corrected chi connectivity index (χ1v) is 11.1. The lowest BCUT2D eigenvalue weighted by molar-refractivity contribution is 0.0525. The van der Waals surface area contributed by atoms with E-state index in [2.05, 4.69) is 9.62 Å². The number of carbonyl (C=O) groups excluding carboxylic acids is 2. The number of rotatable bonds is 10. The van der Waals surface area contributed by atoms with Gasteiger partial charge in [0, 0.05) is 25.2 Å². The van der Waals surface area contributed by atoms with Crippen molar-refractivity contribution in [3.63, 3.8) is 0 Å². The highest BCUT2D eigenvalue weighted by atomic mass is 32.2. The minimum Gasteiger partial charge on any atom is -0.489 e. The fraction of sp³-hybridized carbons (Fsp3) is 0.619. The predicted octanol–water partition coefficient (Wildman–Crippen LogP) is 3.89. The van der Waals surface area contributed by atoms with Crippen LogP contribution in [-0.4, -0.2) is 56.1 Å². The van der Waals surface area contributed by atoms with Crippen LogP contribution < -0.4 is 14.4 Å². The Hall–Kier alpha value is -1.93. The molecule has 1 saturated carbocycles. The van der Waals surface area contributed by atoms with E-state index >= 15 is 0 Å². The number of ether oxygens (including phenoxy) is 2. The molecule has 1 aliphatic carbocycles. The normalized spacial score (nSPS) is 14.1. The molecule has 7 nitrogen and oxygen atoms in total. The van der Waals surface area contributed by atoms with E-state index in [-0.39, 0.29) is 12.0 Å². The van der Waals surface area contributed by atoms with Gasteiger partial charge in [-0.2, -0.15) is 0 Å². The Morgan fingerprint density at radius 2 is 1.79 bits per heavy atom. The number of amides is 1. The lowest BCUT2D eigenvalue weighted by Gasteiger charge is -2.27. The van der Waals surface area contributed by atoms with E-state index < -0.39 is 5.97 Å². The van der Waals surface area contributed by atoms with Crippen LogP contribution in [0.5, 0.6) is 5.75 Å². The van der Waals surface area contributed by atoms with Crippen LogP contribution in [0.15, 0.2) is 12.1 Å². The van der Waals surface area contributed by atoms with Gasteiger partial charge in [0.15, 0.2) is 0 Å². The van der Waals surface area contributed by atoms with Crippen LogP contribution in [0.25, 0.3) is 0 Å². The second kappa shape index (κ2) is 11.3. The zero-order valence-electron chi connectivity index (χ0n) is 18.1. The van der Waals surface area contributed by atoms with Crippen molar-refractivity contribution in [2.75, 3.05) is 38.7 Å². The lowest BCUT2D eigenvalue weighted by Crippen LogP contribution is -2.29. The topological polar surface area (TPSA) is 71.1 Å². The molecule has 0 spiro atoms. The Morgan fingerprint density at radius 3 is 2.34 bits per heavy atom. The Balaban J connectivity index is 2.55. The minimum absolute atomic E-state index is 0.0602. The molecular formula is C21H33N3O4S. The summed E-state index contributed by atoms with van der Waals surface area (Å²) in [6, 6.07) is 3.39. The lowest BCUT2D eigenvalue weighted by atomic mass is 10.0. The standard InChI is InChI=1S/C21H33N3O4S/c1-6-24(7-2)17-13-15(21(26)27-8-3)14-18(28-16-11-9-10-12-16)19(17)20(25)22-29-23(4)5/h13-14,16H,6-12H2,1-5H3,(H,22,25). The number of anilines is 1. The summed E-state index contributed by atoms with van der Waals surface area (Å²) in [6.07, 6.45) is 4.20. The second-order valence-corrected chi connectivity index (χ2v) is 8.24. The molecule has 1 aromatic carbocycles. The molecule has 162 valence electrons. The number of hydrogen-bond acceptors (Lipinski definition) is 7. The summed E-state index contributed by atoms with van der Waals surface area (Å²) in [6.45, 7) is 7.52. The molecule has 1 aromatic rings. The maximum atomic E-state index is 13.1. The van der Waals surface area contributed by atoms with E-state index in [0.717, 1.165) is 25.7 Å². The third-order valence-corrected chi connectivity index (χ3v) is 5.48. The maximum Gasteiger partial charge on any atom is 0.338 e. The first kappa shape index (κ1) is 23.3. The monoisotopic (exact) mass is 423 g/mol. The number of hydrogen-bond donors (Lipinski definition) is 1. The van der Waals surface area contributed by atoms with Crippen LogP contribution in [0.2, 0.25) is 0 Å². The molecule has 0 atom stereocenters. The number of esters is 1. The Kier molecular flexibility index (Phi) is 9.10.